The van der Waals surface area contributed by atoms with Crippen LogP contribution in [0.25, 0.3) is 21.5 Å². The lowest BCUT2D eigenvalue weighted by Gasteiger charge is -2.11. The van der Waals surface area contributed by atoms with Crippen LogP contribution in [0.1, 0.15) is 5.56 Å². The van der Waals surface area contributed by atoms with Crippen LogP contribution in [0.3, 0.4) is 0 Å². The lowest BCUT2D eigenvalue weighted by molar-refractivity contribution is 0.478. The zero-order chi connectivity index (χ0) is 41.0. The second kappa shape index (κ2) is 14.5. The largest absolute Gasteiger partial charge is 0.368 e. The number of nitrogens with two attached hydrogens (primary N) is 1. The minimum Gasteiger partial charge on any atom is -0.368 e. The van der Waals surface area contributed by atoms with E-state index in [2.05, 4.69) is 40.7 Å². The van der Waals surface area contributed by atoms with E-state index >= 15 is 0 Å². The molecule has 0 aliphatic heterocycles. The number of anilines is 3. The Kier molecular flexibility index (Phi) is 10.3. The van der Waals surface area contributed by atoms with Crippen molar-refractivity contribution in [1.29, 1.82) is 0 Å². The number of hydrogen-bond acceptors (Lipinski definition) is 17. The molecule has 0 unspecified atom stereocenters. The SMILES string of the molecule is Cc1cc(S(=O)(=O)O)c(/N=N/c2ccc(/N=N/c3ccc(Nc4nc(N)nc(Cl)n4)c4ccc(S(=O)(=O)O)cc34)c3ccc(S(=O)(=O)O)cc23)cc1S(=O)(=O)O. The topological polar surface area (TPSA) is 344 Å². The first kappa shape index (κ1) is 40.0. The zero-order valence-corrected chi connectivity index (χ0v) is 31.7. The van der Waals surface area contributed by atoms with Crippen LogP contribution in [-0.2, 0) is 40.5 Å². The van der Waals surface area contributed by atoms with Gasteiger partial charge in [0, 0.05) is 27.2 Å². The van der Waals surface area contributed by atoms with Crippen LogP contribution in [0, 0.1) is 6.92 Å². The Morgan fingerprint density at radius 2 is 1.04 bits per heavy atom. The summed E-state index contributed by atoms with van der Waals surface area (Å²) >= 11 is 5.89. The minimum absolute atomic E-state index is 0.0417. The number of aromatic nitrogens is 3. The van der Waals surface area contributed by atoms with Gasteiger partial charge in [0.2, 0.25) is 17.2 Å². The Morgan fingerprint density at radius 1 is 0.554 bits per heavy atom. The summed E-state index contributed by atoms with van der Waals surface area (Å²) in [5.41, 5.74) is 4.92. The number of aryl methyl sites for hydroxylation is 1. The molecular formula is C30H22ClN9O12S4. The molecule has 21 nitrogen and oxygen atoms in total. The van der Waals surface area contributed by atoms with Crippen molar-refractivity contribution in [3.05, 3.63) is 83.6 Å². The summed E-state index contributed by atoms with van der Waals surface area (Å²) in [6.07, 6.45) is 0. The fraction of sp³-hybridized carbons (Fsp3) is 0.0333. The van der Waals surface area contributed by atoms with Crippen molar-refractivity contribution in [3.8, 4) is 0 Å². The number of hydrogen-bond donors (Lipinski definition) is 6. The molecule has 290 valence electrons. The molecule has 0 amide bonds. The van der Waals surface area contributed by atoms with Gasteiger partial charge in [-0.2, -0.15) is 48.6 Å². The number of nitrogens with zero attached hydrogens (tertiary/aromatic N) is 7. The molecule has 1 aromatic heterocycles. The van der Waals surface area contributed by atoms with Gasteiger partial charge in [-0.3, -0.25) is 18.2 Å². The highest BCUT2D eigenvalue weighted by atomic mass is 35.5. The van der Waals surface area contributed by atoms with Gasteiger partial charge in [-0.1, -0.05) is 12.1 Å². The molecule has 6 rings (SSSR count). The summed E-state index contributed by atoms with van der Waals surface area (Å²) in [5, 5.41) is 19.5. The van der Waals surface area contributed by atoms with E-state index in [1.54, 1.807) is 0 Å². The van der Waals surface area contributed by atoms with Gasteiger partial charge < -0.3 is 11.1 Å². The predicted molar refractivity (Wildman–Crippen MR) is 199 cm³/mol. The third-order valence-electron chi connectivity index (χ3n) is 7.72. The molecule has 7 N–H and O–H groups in total. The molecule has 0 radical (unpaired) electrons. The van der Waals surface area contributed by atoms with Crippen molar-refractivity contribution in [1.82, 2.24) is 15.0 Å². The van der Waals surface area contributed by atoms with Gasteiger partial charge in [0.1, 0.15) is 10.6 Å². The quantitative estimate of drug-likeness (QED) is 0.0651. The Hall–Kier alpha value is -5.64. The van der Waals surface area contributed by atoms with Crippen LogP contribution in [-0.4, -0.2) is 66.8 Å². The van der Waals surface area contributed by atoms with Gasteiger partial charge in [-0.15, -0.1) is 20.5 Å². The molecule has 0 fully saturated rings. The summed E-state index contributed by atoms with van der Waals surface area (Å²) in [6, 6.07) is 13.7. The van der Waals surface area contributed by atoms with E-state index in [1.165, 1.54) is 36.4 Å². The Labute approximate surface area is 321 Å². The minimum atomic E-state index is -5.02. The number of halogens is 1. The molecule has 56 heavy (non-hydrogen) atoms. The van der Waals surface area contributed by atoms with E-state index in [4.69, 9.17) is 17.3 Å². The van der Waals surface area contributed by atoms with Crippen molar-refractivity contribution in [2.24, 2.45) is 20.5 Å². The molecular weight excluding hydrogens is 842 g/mol. The number of rotatable bonds is 10. The third kappa shape index (κ3) is 8.59. The fourth-order valence-electron chi connectivity index (χ4n) is 5.27. The van der Waals surface area contributed by atoms with Crippen molar-refractivity contribution >= 4 is 114 Å². The summed E-state index contributed by atoms with van der Waals surface area (Å²) in [5.74, 6) is -0.246. The maximum absolute atomic E-state index is 12.1. The molecule has 0 atom stereocenters. The van der Waals surface area contributed by atoms with E-state index in [9.17, 15) is 51.9 Å². The Morgan fingerprint density at radius 3 is 1.55 bits per heavy atom. The van der Waals surface area contributed by atoms with E-state index < -0.39 is 65.7 Å². The van der Waals surface area contributed by atoms with E-state index in [0.29, 0.717) is 17.1 Å². The van der Waals surface area contributed by atoms with Crippen LogP contribution in [0.15, 0.2) is 113 Å². The molecule has 1 heterocycles. The molecule has 6 aromatic rings. The first-order valence-corrected chi connectivity index (χ1v) is 21.1. The zero-order valence-electron chi connectivity index (χ0n) is 27.7. The van der Waals surface area contributed by atoms with Crippen LogP contribution < -0.4 is 11.1 Å². The number of benzene rings is 5. The van der Waals surface area contributed by atoms with Gasteiger partial charge in [-0.05, 0) is 84.8 Å². The lowest BCUT2D eigenvalue weighted by Crippen LogP contribution is -2.05. The van der Waals surface area contributed by atoms with Gasteiger partial charge >= 0.3 is 0 Å². The van der Waals surface area contributed by atoms with Crippen molar-refractivity contribution < 1.29 is 51.9 Å². The number of azo groups is 2. The van der Waals surface area contributed by atoms with Gasteiger partial charge in [0.25, 0.3) is 40.5 Å². The molecule has 0 aliphatic carbocycles. The van der Waals surface area contributed by atoms with Crippen molar-refractivity contribution in [3.63, 3.8) is 0 Å². The number of nitrogen functional groups attached to an aromatic ring is 1. The fourth-order valence-corrected chi connectivity index (χ4v) is 7.87. The van der Waals surface area contributed by atoms with E-state index in [0.717, 1.165) is 37.3 Å². The molecule has 0 saturated carbocycles. The van der Waals surface area contributed by atoms with Crippen LogP contribution in [0.5, 0.6) is 0 Å². The normalized spacial score (nSPS) is 13.0. The maximum atomic E-state index is 12.1. The average molecular weight is 864 g/mol. The number of fused-ring (bicyclic) bond motifs is 2. The number of nitrogens with one attached hydrogen (secondary N) is 1. The maximum Gasteiger partial charge on any atom is 0.296 e. The van der Waals surface area contributed by atoms with E-state index in [1.807, 2.05) is 0 Å². The highest BCUT2D eigenvalue weighted by Crippen LogP contribution is 2.40. The van der Waals surface area contributed by atoms with E-state index in [-0.39, 0.29) is 56.0 Å². The molecule has 5 aromatic carbocycles. The van der Waals surface area contributed by atoms with Crippen LogP contribution in [0.2, 0.25) is 5.28 Å². The third-order valence-corrected chi connectivity index (χ3v) is 11.5. The average Bonchev–Trinajstić information content (AvgIpc) is 3.08. The molecule has 0 spiro atoms. The Bertz CT molecular complexity index is 3150. The second-order valence-corrected chi connectivity index (χ2v) is 17.4. The summed E-state index contributed by atoms with van der Waals surface area (Å²) in [6.45, 7) is 1.16. The smallest absolute Gasteiger partial charge is 0.296 e. The lowest BCUT2D eigenvalue weighted by atomic mass is 10.1. The summed E-state index contributed by atoms with van der Waals surface area (Å²) < 4.78 is 135. The Balaban J connectivity index is 1.50. The predicted octanol–water partition coefficient (Wildman–Crippen LogP) is 6.28. The first-order chi connectivity index (χ1) is 26.0. The summed E-state index contributed by atoms with van der Waals surface area (Å²) in [4.78, 5) is 8.88. The highest BCUT2D eigenvalue weighted by molar-refractivity contribution is 7.86. The molecule has 26 heteroatoms. The monoisotopic (exact) mass is 863 g/mol. The molecule has 0 saturated heterocycles. The van der Waals surface area contributed by atoms with Crippen LogP contribution >= 0.6 is 11.6 Å². The van der Waals surface area contributed by atoms with Gasteiger partial charge in [0.05, 0.1) is 31.7 Å². The van der Waals surface area contributed by atoms with Gasteiger partial charge in [-0.25, -0.2) is 0 Å². The van der Waals surface area contributed by atoms with Gasteiger partial charge in [0.15, 0.2) is 0 Å². The molecule has 0 bridgehead atoms. The highest BCUT2D eigenvalue weighted by Gasteiger charge is 2.23. The van der Waals surface area contributed by atoms with Crippen molar-refractivity contribution in [2.45, 2.75) is 26.5 Å². The summed E-state index contributed by atoms with van der Waals surface area (Å²) in [7, 11) is -19.4. The second-order valence-electron chi connectivity index (χ2n) is 11.4. The van der Waals surface area contributed by atoms with Crippen molar-refractivity contribution in [2.75, 3.05) is 11.1 Å². The first-order valence-electron chi connectivity index (χ1n) is 14.9. The standard InChI is InChI=1S/C30H22ClN9O12S4/c1-14-10-27(56(50,51)52)25(13-26(14)55(47,48)49)40-39-24-9-8-22(18-5-3-16(12-20(18)24)54(44,45)46)37-38-23-7-6-21(33-30-35-28(31)34-29(32)36-30)17-4-2-15(11-19(17)23)53(41,42)43/h2-13H,1H3,(H,41,42,43)(H,44,45,46)(H,47,48,49)(H,50,51,52)(H3,32,33,34,35,36)/b38-37+,40-39+. The van der Waals surface area contributed by atoms with Crippen LogP contribution in [0.4, 0.5) is 40.3 Å². The molecule has 0 aliphatic rings.